The Bertz CT molecular complexity index is 440. The van der Waals surface area contributed by atoms with Crippen LogP contribution in [0, 0.1) is 0 Å². The van der Waals surface area contributed by atoms with Crippen LogP contribution in [0.4, 0.5) is 0 Å². The van der Waals surface area contributed by atoms with Gasteiger partial charge < -0.3 is 9.84 Å². The van der Waals surface area contributed by atoms with Crippen LogP contribution in [0.2, 0.25) is 0 Å². The lowest BCUT2D eigenvalue weighted by Gasteiger charge is -2.19. The van der Waals surface area contributed by atoms with Gasteiger partial charge in [-0.3, -0.25) is 0 Å². The second-order valence-electron chi connectivity index (χ2n) is 2.98. The molecule has 17 heavy (non-hydrogen) atoms. The summed E-state index contributed by atoms with van der Waals surface area (Å²) in [4.78, 5) is 21.4. The van der Waals surface area contributed by atoms with E-state index in [1.54, 1.807) is 30.3 Å². The number of rotatable bonds is 4. The van der Waals surface area contributed by atoms with Crippen LogP contribution in [0.25, 0.3) is 0 Å². The molecule has 90 valence electrons. The smallest absolute Gasteiger partial charge is 0.333 e. The molecule has 0 aliphatic carbocycles. The number of aliphatic carboxylic acids is 1. The lowest BCUT2D eigenvalue weighted by Crippen LogP contribution is -2.19. The van der Waals surface area contributed by atoms with Crippen molar-refractivity contribution in [3.8, 4) is 0 Å². The lowest BCUT2D eigenvalue weighted by atomic mass is 10.2. The van der Waals surface area contributed by atoms with Gasteiger partial charge in [-0.2, -0.15) is 0 Å². The maximum absolute atomic E-state index is 11.2. The number of alkyl halides is 2. The Morgan fingerprint density at radius 2 is 1.76 bits per heavy atom. The molecule has 0 amide bonds. The summed E-state index contributed by atoms with van der Waals surface area (Å²) >= 11 is 11.6. The predicted molar refractivity (Wildman–Crippen MR) is 62.7 cm³/mol. The van der Waals surface area contributed by atoms with Gasteiger partial charge in [-0.25, -0.2) is 9.59 Å². The summed E-state index contributed by atoms with van der Waals surface area (Å²) < 4.78 is 2.87. The summed E-state index contributed by atoms with van der Waals surface area (Å²) in [6.07, 6.45) is 1.36. The zero-order valence-corrected chi connectivity index (χ0v) is 9.98. The Kier molecular flexibility index (Phi) is 4.54. The summed E-state index contributed by atoms with van der Waals surface area (Å²) in [7, 11) is 0. The monoisotopic (exact) mass is 274 g/mol. The van der Waals surface area contributed by atoms with Crippen molar-refractivity contribution < 1.29 is 19.4 Å². The van der Waals surface area contributed by atoms with E-state index in [4.69, 9.17) is 33.0 Å². The Hall–Kier alpha value is -1.52. The largest absolute Gasteiger partial charge is 0.478 e. The highest BCUT2D eigenvalue weighted by atomic mass is 35.5. The van der Waals surface area contributed by atoms with Crippen molar-refractivity contribution in [2.45, 2.75) is 4.52 Å². The highest BCUT2D eigenvalue weighted by molar-refractivity contribution is 6.47. The van der Waals surface area contributed by atoms with Crippen LogP contribution in [0.5, 0.6) is 0 Å². The number of carboxylic acids is 1. The summed E-state index contributed by atoms with van der Waals surface area (Å²) in [5.41, 5.74) is 0.375. The molecule has 0 fully saturated rings. The van der Waals surface area contributed by atoms with E-state index >= 15 is 0 Å². The number of hydrogen-bond acceptors (Lipinski definition) is 3. The Morgan fingerprint density at radius 3 is 2.29 bits per heavy atom. The van der Waals surface area contributed by atoms with Crippen molar-refractivity contribution >= 4 is 35.1 Å². The number of carbonyl (C=O) groups excluding carboxylic acids is 1. The van der Waals surface area contributed by atoms with Crippen LogP contribution in [0.15, 0.2) is 42.5 Å². The van der Waals surface area contributed by atoms with Crippen LogP contribution >= 0.6 is 23.2 Å². The summed E-state index contributed by atoms with van der Waals surface area (Å²) in [6.45, 7) is 0. The molecule has 0 spiro atoms. The second-order valence-corrected chi connectivity index (χ2v) is 4.23. The number of halogens is 2. The quantitative estimate of drug-likeness (QED) is 0.521. The summed E-state index contributed by atoms with van der Waals surface area (Å²) in [6, 6.07) is 8.26. The van der Waals surface area contributed by atoms with Crippen LogP contribution in [0.3, 0.4) is 0 Å². The van der Waals surface area contributed by atoms with E-state index in [-0.39, 0.29) is 0 Å². The van der Waals surface area contributed by atoms with Crippen molar-refractivity contribution in [3.63, 3.8) is 0 Å². The molecule has 6 heteroatoms. The van der Waals surface area contributed by atoms with E-state index in [9.17, 15) is 9.59 Å². The minimum atomic E-state index is -1.85. The highest BCUT2D eigenvalue weighted by Gasteiger charge is 2.30. The van der Waals surface area contributed by atoms with Crippen molar-refractivity contribution in [1.82, 2.24) is 0 Å². The number of esters is 1. The average molecular weight is 275 g/mol. The Labute approximate surface area is 107 Å². The third-order valence-corrected chi connectivity index (χ3v) is 2.29. The number of carbonyl (C=O) groups is 2. The van der Waals surface area contributed by atoms with Gasteiger partial charge in [0.25, 0.3) is 4.52 Å². The minimum Gasteiger partial charge on any atom is -0.478 e. The Morgan fingerprint density at radius 1 is 1.18 bits per heavy atom. The number of hydrogen-bond donors (Lipinski definition) is 1. The van der Waals surface area contributed by atoms with Crippen LogP contribution in [0.1, 0.15) is 5.56 Å². The van der Waals surface area contributed by atoms with E-state index in [2.05, 4.69) is 0 Å². The molecule has 0 saturated carbocycles. The third-order valence-electron chi connectivity index (χ3n) is 1.70. The molecular formula is C11H8Cl2O4. The topological polar surface area (TPSA) is 63.6 Å². The highest BCUT2D eigenvalue weighted by Crippen LogP contribution is 2.35. The molecule has 0 saturated heterocycles. The molecule has 0 heterocycles. The van der Waals surface area contributed by atoms with E-state index in [0.717, 1.165) is 6.08 Å². The molecule has 1 rings (SSSR count). The molecule has 0 unspecified atom stereocenters. The minimum absolute atomic E-state index is 0.375. The van der Waals surface area contributed by atoms with Gasteiger partial charge in [-0.1, -0.05) is 53.5 Å². The molecule has 4 nitrogen and oxygen atoms in total. The van der Waals surface area contributed by atoms with Crippen molar-refractivity contribution in [2.24, 2.45) is 0 Å². The molecule has 0 atom stereocenters. The van der Waals surface area contributed by atoms with Gasteiger partial charge in [0.1, 0.15) is 0 Å². The molecular weight excluding hydrogens is 267 g/mol. The normalized spacial score (nSPS) is 11.4. The van der Waals surface area contributed by atoms with Crippen molar-refractivity contribution in [3.05, 3.63) is 48.0 Å². The molecule has 0 radical (unpaired) electrons. The van der Waals surface area contributed by atoms with Crippen molar-refractivity contribution in [1.29, 1.82) is 0 Å². The maximum Gasteiger partial charge on any atom is 0.333 e. The molecule has 1 aromatic carbocycles. The van der Waals surface area contributed by atoms with Gasteiger partial charge in [0.15, 0.2) is 0 Å². The first-order valence-electron chi connectivity index (χ1n) is 4.49. The van der Waals surface area contributed by atoms with Gasteiger partial charge in [-0.15, -0.1) is 0 Å². The van der Waals surface area contributed by atoms with Gasteiger partial charge >= 0.3 is 11.9 Å². The maximum atomic E-state index is 11.2. The van der Waals surface area contributed by atoms with Gasteiger partial charge in [0.2, 0.25) is 0 Å². The fraction of sp³-hybridized carbons (Fsp3) is 0.0909. The number of benzene rings is 1. The third kappa shape index (κ3) is 4.46. The van der Waals surface area contributed by atoms with Gasteiger partial charge in [0.05, 0.1) is 0 Å². The fourth-order valence-electron chi connectivity index (χ4n) is 0.991. The standard InChI is InChI=1S/C11H8Cl2O4/c12-11(13,8-4-2-1-3-5-8)17-10(16)7-6-9(14)15/h1-7H,(H,14,15)/b7-6+. The van der Waals surface area contributed by atoms with Crippen LogP contribution in [-0.4, -0.2) is 17.0 Å². The molecule has 0 aromatic heterocycles. The molecule has 1 N–H and O–H groups in total. The first-order valence-corrected chi connectivity index (χ1v) is 5.25. The van der Waals surface area contributed by atoms with Gasteiger partial charge in [0, 0.05) is 17.7 Å². The van der Waals surface area contributed by atoms with E-state index in [0.29, 0.717) is 11.6 Å². The number of carboxylic acid groups (broad SMARTS) is 1. The molecule has 0 aliphatic rings. The predicted octanol–water partition coefficient (Wildman–Crippen LogP) is 2.46. The first kappa shape index (κ1) is 13.5. The first-order chi connectivity index (χ1) is 7.92. The number of ether oxygens (including phenoxy) is 1. The van der Waals surface area contributed by atoms with Crippen LogP contribution < -0.4 is 0 Å². The summed E-state index contributed by atoms with van der Waals surface area (Å²) in [5.74, 6) is -2.21. The average Bonchev–Trinajstić information content (AvgIpc) is 2.27. The molecule has 0 aliphatic heterocycles. The fourth-order valence-corrected chi connectivity index (χ4v) is 1.39. The van der Waals surface area contributed by atoms with Crippen molar-refractivity contribution in [2.75, 3.05) is 0 Å². The molecule has 0 bridgehead atoms. The Balaban J connectivity index is 2.74. The van der Waals surface area contributed by atoms with Gasteiger partial charge in [-0.05, 0) is 0 Å². The SMILES string of the molecule is O=C(O)/C=C/C(=O)OC(Cl)(Cl)c1ccccc1. The van der Waals surface area contributed by atoms with E-state index in [1.165, 1.54) is 0 Å². The zero-order valence-electron chi connectivity index (χ0n) is 8.47. The lowest BCUT2D eigenvalue weighted by molar-refractivity contribution is -0.142. The second kappa shape index (κ2) is 5.70. The molecule has 1 aromatic rings. The van der Waals surface area contributed by atoms with E-state index in [1.807, 2.05) is 0 Å². The zero-order chi connectivity index (χ0) is 12.9. The summed E-state index contributed by atoms with van der Waals surface area (Å²) in [5, 5.41) is 8.32. The van der Waals surface area contributed by atoms with E-state index < -0.39 is 16.5 Å². The van der Waals surface area contributed by atoms with Crippen LogP contribution in [-0.2, 0) is 18.8 Å².